The summed E-state index contributed by atoms with van der Waals surface area (Å²) in [4.78, 5) is 39.3. The second-order valence-corrected chi connectivity index (χ2v) is 6.77. The summed E-state index contributed by atoms with van der Waals surface area (Å²) in [5, 5.41) is 22.0. The standard InChI is InChI=1S/C22H16N6O4/c29-21(13-27-14-23-20-12-18(28(31)32)10-11-19(20)22(27)30)24-15-6-8-17(9-7-15)26-25-16-4-2-1-3-5-16/h1-12,14H,13H2,(H,24,29). The monoisotopic (exact) mass is 428 g/mol. The molecule has 0 aliphatic rings. The zero-order valence-corrected chi connectivity index (χ0v) is 16.6. The van der Waals surface area contributed by atoms with Gasteiger partial charge in [0.15, 0.2) is 0 Å². The molecule has 0 aliphatic carbocycles. The molecule has 4 aromatic rings. The number of azo groups is 1. The predicted molar refractivity (Wildman–Crippen MR) is 118 cm³/mol. The lowest BCUT2D eigenvalue weighted by Crippen LogP contribution is -2.27. The summed E-state index contributed by atoms with van der Waals surface area (Å²) in [5.74, 6) is -0.422. The highest BCUT2D eigenvalue weighted by Gasteiger charge is 2.12. The quantitative estimate of drug-likeness (QED) is 0.277. The van der Waals surface area contributed by atoms with Crippen LogP contribution in [-0.2, 0) is 11.3 Å². The zero-order valence-electron chi connectivity index (χ0n) is 16.6. The molecule has 0 fully saturated rings. The summed E-state index contributed by atoms with van der Waals surface area (Å²) in [5.41, 5.74) is 1.46. The molecule has 1 amide bonds. The lowest BCUT2D eigenvalue weighted by atomic mass is 10.2. The first kappa shape index (κ1) is 20.5. The Morgan fingerprint density at radius 3 is 2.38 bits per heavy atom. The third-order valence-corrected chi connectivity index (χ3v) is 4.52. The molecule has 32 heavy (non-hydrogen) atoms. The molecule has 10 heteroatoms. The van der Waals surface area contributed by atoms with Gasteiger partial charge in [-0.1, -0.05) is 18.2 Å². The van der Waals surface area contributed by atoms with E-state index in [0.717, 1.165) is 10.3 Å². The smallest absolute Gasteiger partial charge is 0.271 e. The molecule has 3 aromatic carbocycles. The highest BCUT2D eigenvalue weighted by molar-refractivity contribution is 5.91. The molecule has 1 N–H and O–H groups in total. The molecule has 158 valence electrons. The van der Waals surface area contributed by atoms with Gasteiger partial charge in [-0.25, -0.2) is 4.98 Å². The number of nitrogens with zero attached hydrogens (tertiary/aromatic N) is 5. The summed E-state index contributed by atoms with van der Waals surface area (Å²) in [6, 6.07) is 19.9. The first-order chi connectivity index (χ1) is 15.5. The lowest BCUT2D eigenvalue weighted by Gasteiger charge is -2.08. The van der Waals surface area contributed by atoms with Crippen LogP contribution in [0.25, 0.3) is 10.9 Å². The summed E-state index contributed by atoms with van der Waals surface area (Å²) >= 11 is 0. The molecular weight excluding hydrogens is 412 g/mol. The summed E-state index contributed by atoms with van der Waals surface area (Å²) < 4.78 is 1.14. The number of anilines is 1. The number of nitro benzene ring substituents is 1. The van der Waals surface area contributed by atoms with E-state index in [0.29, 0.717) is 11.4 Å². The average Bonchev–Trinajstić information content (AvgIpc) is 2.81. The first-order valence-electron chi connectivity index (χ1n) is 9.50. The highest BCUT2D eigenvalue weighted by Crippen LogP contribution is 2.20. The lowest BCUT2D eigenvalue weighted by molar-refractivity contribution is -0.384. The van der Waals surface area contributed by atoms with E-state index in [2.05, 4.69) is 20.5 Å². The SMILES string of the molecule is O=C(Cn1cnc2cc([N+](=O)[O-])ccc2c1=O)Nc1ccc(N=Nc2ccccc2)cc1. The van der Waals surface area contributed by atoms with Crippen molar-refractivity contribution in [3.05, 3.63) is 99.6 Å². The number of nitrogens with one attached hydrogen (secondary N) is 1. The van der Waals surface area contributed by atoms with Crippen LogP contribution in [0.3, 0.4) is 0 Å². The molecule has 0 aliphatic heterocycles. The molecule has 4 rings (SSSR count). The second-order valence-electron chi connectivity index (χ2n) is 6.77. The van der Waals surface area contributed by atoms with Crippen LogP contribution in [0, 0.1) is 10.1 Å². The average molecular weight is 428 g/mol. The van der Waals surface area contributed by atoms with Crippen molar-refractivity contribution in [2.24, 2.45) is 10.2 Å². The van der Waals surface area contributed by atoms with Gasteiger partial charge in [-0.2, -0.15) is 10.2 Å². The third kappa shape index (κ3) is 4.70. The van der Waals surface area contributed by atoms with Gasteiger partial charge in [0.05, 0.1) is 33.5 Å². The van der Waals surface area contributed by atoms with E-state index in [1.54, 1.807) is 24.3 Å². The molecule has 1 aromatic heterocycles. The Bertz CT molecular complexity index is 1380. The van der Waals surface area contributed by atoms with Gasteiger partial charge in [-0.3, -0.25) is 24.3 Å². The molecule has 10 nitrogen and oxygen atoms in total. The van der Waals surface area contributed by atoms with Crippen LogP contribution in [0.4, 0.5) is 22.7 Å². The van der Waals surface area contributed by atoms with Gasteiger partial charge in [-0.05, 0) is 42.5 Å². The van der Waals surface area contributed by atoms with Crippen molar-refractivity contribution in [3.63, 3.8) is 0 Å². The molecule has 0 radical (unpaired) electrons. The van der Waals surface area contributed by atoms with Gasteiger partial charge in [0.25, 0.3) is 11.2 Å². The van der Waals surface area contributed by atoms with Gasteiger partial charge in [0, 0.05) is 17.8 Å². The Hall–Kier alpha value is -4.73. The van der Waals surface area contributed by atoms with Crippen LogP contribution < -0.4 is 10.9 Å². The highest BCUT2D eigenvalue weighted by atomic mass is 16.6. The minimum atomic E-state index is -0.561. The van der Waals surface area contributed by atoms with Crippen LogP contribution in [0.1, 0.15) is 0 Å². The van der Waals surface area contributed by atoms with E-state index in [1.807, 2.05) is 30.3 Å². The second kappa shape index (κ2) is 8.96. The molecule has 0 atom stereocenters. The van der Waals surface area contributed by atoms with E-state index in [9.17, 15) is 19.7 Å². The number of carbonyl (C=O) groups excluding carboxylic acids is 1. The molecule has 0 saturated heterocycles. The van der Waals surface area contributed by atoms with Crippen molar-refractivity contribution < 1.29 is 9.72 Å². The van der Waals surface area contributed by atoms with Crippen LogP contribution in [-0.4, -0.2) is 20.4 Å². The van der Waals surface area contributed by atoms with Crippen LogP contribution in [0.15, 0.2) is 94.1 Å². The summed E-state index contributed by atoms with van der Waals surface area (Å²) in [7, 11) is 0. The Labute approximate surface area is 181 Å². The molecule has 0 bridgehead atoms. The van der Waals surface area contributed by atoms with Gasteiger partial charge in [-0.15, -0.1) is 0 Å². The number of hydrogen-bond acceptors (Lipinski definition) is 7. The maximum absolute atomic E-state index is 12.6. The number of benzene rings is 3. The normalized spacial score (nSPS) is 11.0. The van der Waals surface area contributed by atoms with Crippen molar-refractivity contribution in [2.75, 3.05) is 5.32 Å². The Morgan fingerprint density at radius 2 is 1.69 bits per heavy atom. The van der Waals surface area contributed by atoms with E-state index in [4.69, 9.17) is 0 Å². The van der Waals surface area contributed by atoms with Crippen molar-refractivity contribution >= 4 is 39.6 Å². The van der Waals surface area contributed by atoms with Gasteiger partial charge in [0.1, 0.15) is 6.54 Å². The predicted octanol–water partition coefficient (Wildman–Crippen LogP) is 4.36. The summed E-state index contributed by atoms with van der Waals surface area (Å²) in [6.07, 6.45) is 1.20. The molecular formula is C22H16N6O4. The Morgan fingerprint density at radius 1 is 1.00 bits per heavy atom. The van der Waals surface area contributed by atoms with Crippen LogP contribution >= 0.6 is 0 Å². The minimum absolute atomic E-state index is 0.161. The number of aromatic nitrogens is 2. The number of fused-ring (bicyclic) bond motifs is 1. The van der Waals surface area contributed by atoms with E-state index in [1.165, 1.54) is 24.5 Å². The number of carbonyl (C=O) groups is 1. The number of non-ortho nitro benzene ring substituents is 1. The largest absolute Gasteiger partial charge is 0.325 e. The number of nitro groups is 1. The van der Waals surface area contributed by atoms with Crippen LogP contribution in [0.5, 0.6) is 0 Å². The van der Waals surface area contributed by atoms with Crippen LogP contribution in [0.2, 0.25) is 0 Å². The molecule has 1 heterocycles. The van der Waals surface area contributed by atoms with Crippen molar-refractivity contribution in [1.82, 2.24) is 9.55 Å². The minimum Gasteiger partial charge on any atom is -0.325 e. The molecule has 0 unspecified atom stereocenters. The van der Waals surface area contributed by atoms with Crippen molar-refractivity contribution in [2.45, 2.75) is 6.54 Å². The van der Waals surface area contributed by atoms with Gasteiger partial charge < -0.3 is 5.32 Å². The number of amides is 1. The van der Waals surface area contributed by atoms with Gasteiger partial charge >= 0.3 is 0 Å². The van der Waals surface area contributed by atoms with Gasteiger partial charge in [0.2, 0.25) is 5.91 Å². The fourth-order valence-corrected chi connectivity index (χ4v) is 2.95. The molecule has 0 spiro atoms. The fourth-order valence-electron chi connectivity index (χ4n) is 2.95. The first-order valence-corrected chi connectivity index (χ1v) is 9.50. The van der Waals surface area contributed by atoms with E-state index < -0.39 is 16.4 Å². The number of hydrogen-bond donors (Lipinski definition) is 1. The van der Waals surface area contributed by atoms with E-state index >= 15 is 0 Å². The Kier molecular flexibility index (Phi) is 5.75. The van der Waals surface area contributed by atoms with Crippen molar-refractivity contribution in [3.8, 4) is 0 Å². The fraction of sp³-hybridized carbons (Fsp3) is 0.0455. The third-order valence-electron chi connectivity index (χ3n) is 4.52. The molecule has 0 saturated carbocycles. The Balaban J connectivity index is 1.43. The maximum Gasteiger partial charge on any atom is 0.271 e. The van der Waals surface area contributed by atoms with E-state index in [-0.39, 0.29) is 23.1 Å². The summed E-state index contributed by atoms with van der Waals surface area (Å²) in [6.45, 7) is -0.256. The topological polar surface area (TPSA) is 132 Å². The zero-order chi connectivity index (χ0) is 22.5. The maximum atomic E-state index is 12.6. The number of rotatable bonds is 6. The van der Waals surface area contributed by atoms with Crippen molar-refractivity contribution in [1.29, 1.82) is 0 Å².